The van der Waals surface area contributed by atoms with Gasteiger partial charge in [-0.15, -0.1) is 0 Å². The lowest BCUT2D eigenvalue weighted by Crippen LogP contribution is -2.09. The van der Waals surface area contributed by atoms with Crippen LogP contribution < -0.4 is 14.8 Å². The van der Waals surface area contributed by atoms with Crippen molar-refractivity contribution in [3.05, 3.63) is 36.2 Å². The molecule has 2 rings (SSSR count). The van der Waals surface area contributed by atoms with Gasteiger partial charge in [-0.3, -0.25) is 4.68 Å². The number of aromatic nitrogens is 2. The SMILES string of the molecule is CCC(Nc1cnn(C)c1)c1ccc(OC)c(OC)c1. The zero-order valence-electron chi connectivity index (χ0n) is 12.4. The van der Waals surface area contributed by atoms with Crippen LogP contribution in [-0.4, -0.2) is 24.0 Å². The summed E-state index contributed by atoms with van der Waals surface area (Å²) in [4.78, 5) is 0. The summed E-state index contributed by atoms with van der Waals surface area (Å²) in [6.07, 6.45) is 4.75. The third-order valence-electron chi connectivity index (χ3n) is 3.26. The van der Waals surface area contributed by atoms with Crippen molar-refractivity contribution in [1.29, 1.82) is 0 Å². The molecule has 0 saturated carbocycles. The molecule has 2 aromatic rings. The molecule has 1 N–H and O–H groups in total. The predicted octanol–water partition coefficient (Wildman–Crippen LogP) is 3.00. The lowest BCUT2D eigenvalue weighted by molar-refractivity contribution is 0.354. The van der Waals surface area contributed by atoms with E-state index in [1.165, 1.54) is 0 Å². The summed E-state index contributed by atoms with van der Waals surface area (Å²) in [7, 11) is 5.20. The van der Waals surface area contributed by atoms with E-state index in [2.05, 4.69) is 23.4 Å². The third kappa shape index (κ3) is 3.04. The highest BCUT2D eigenvalue weighted by atomic mass is 16.5. The van der Waals surface area contributed by atoms with Crippen LogP contribution >= 0.6 is 0 Å². The number of rotatable bonds is 6. The van der Waals surface area contributed by atoms with E-state index < -0.39 is 0 Å². The molecule has 0 spiro atoms. The molecule has 0 fully saturated rings. The van der Waals surface area contributed by atoms with Crippen LogP contribution in [0.25, 0.3) is 0 Å². The van der Waals surface area contributed by atoms with Gasteiger partial charge in [-0.2, -0.15) is 5.10 Å². The van der Waals surface area contributed by atoms with Crippen LogP contribution in [0.15, 0.2) is 30.6 Å². The van der Waals surface area contributed by atoms with Crippen molar-refractivity contribution in [2.75, 3.05) is 19.5 Å². The van der Waals surface area contributed by atoms with Crippen LogP contribution in [-0.2, 0) is 7.05 Å². The molecule has 0 aliphatic carbocycles. The first kappa shape index (κ1) is 14.2. The topological polar surface area (TPSA) is 48.3 Å². The first-order chi connectivity index (χ1) is 9.67. The first-order valence-corrected chi connectivity index (χ1v) is 6.65. The Bertz CT molecular complexity index is 566. The number of anilines is 1. The largest absolute Gasteiger partial charge is 0.493 e. The molecule has 1 aromatic carbocycles. The Hall–Kier alpha value is -2.17. The van der Waals surface area contributed by atoms with Crippen molar-refractivity contribution in [2.24, 2.45) is 7.05 Å². The Morgan fingerprint density at radius 3 is 2.55 bits per heavy atom. The highest BCUT2D eigenvalue weighted by Crippen LogP contribution is 2.32. The van der Waals surface area contributed by atoms with Gasteiger partial charge in [0.1, 0.15) is 0 Å². The molecule has 0 aliphatic heterocycles. The van der Waals surface area contributed by atoms with Gasteiger partial charge in [-0.1, -0.05) is 13.0 Å². The lowest BCUT2D eigenvalue weighted by Gasteiger charge is -2.19. The van der Waals surface area contributed by atoms with Crippen molar-refractivity contribution >= 4 is 5.69 Å². The number of benzene rings is 1. The fourth-order valence-corrected chi connectivity index (χ4v) is 2.19. The van der Waals surface area contributed by atoms with Gasteiger partial charge in [0.15, 0.2) is 11.5 Å². The van der Waals surface area contributed by atoms with E-state index >= 15 is 0 Å². The fourth-order valence-electron chi connectivity index (χ4n) is 2.19. The highest BCUT2D eigenvalue weighted by Gasteiger charge is 2.13. The molecule has 1 atom stereocenters. The lowest BCUT2D eigenvalue weighted by atomic mass is 10.0. The average Bonchev–Trinajstić information content (AvgIpc) is 2.89. The molecule has 0 aliphatic rings. The number of aryl methyl sites for hydroxylation is 1. The van der Waals surface area contributed by atoms with Gasteiger partial charge in [0, 0.05) is 13.2 Å². The van der Waals surface area contributed by atoms with Crippen molar-refractivity contribution in [2.45, 2.75) is 19.4 Å². The monoisotopic (exact) mass is 275 g/mol. The molecule has 1 unspecified atom stereocenters. The second-order valence-corrected chi connectivity index (χ2v) is 4.62. The van der Waals surface area contributed by atoms with Crippen molar-refractivity contribution in [1.82, 2.24) is 9.78 Å². The molecule has 20 heavy (non-hydrogen) atoms. The fraction of sp³-hybridized carbons (Fsp3) is 0.400. The van der Waals surface area contributed by atoms with Gasteiger partial charge in [-0.05, 0) is 24.1 Å². The minimum atomic E-state index is 0.207. The van der Waals surface area contributed by atoms with Gasteiger partial charge in [0.25, 0.3) is 0 Å². The first-order valence-electron chi connectivity index (χ1n) is 6.65. The van der Waals surface area contributed by atoms with Crippen LogP contribution in [0, 0.1) is 0 Å². The second kappa shape index (κ2) is 6.32. The van der Waals surface area contributed by atoms with Gasteiger partial charge in [0.05, 0.1) is 32.1 Å². The van der Waals surface area contributed by atoms with E-state index in [4.69, 9.17) is 9.47 Å². The zero-order valence-corrected chi connectivity index (χ0v) is 12.4. The summed E-state index contributed by atoms with van der Waals surface area (Å²) in [5.74, 6) is 1.49. The van der Waals surface area contributed by atoms with Gasteiger partial charge in [0.2, 0.25) is 0 Å². The van der Waals surface area contributed by atoms with E-state index in [1.807, 2.05) is 31.6 Å². The van der Waals surface area contributed by atoms with E-state index in [-0.39, 0.29) is 6.04 Å². The van der Waals surface area contributed by atoms with E-state index in [0.29, 0.717) is 0 Å². The molecule has 5 heteroatoms. The maximum absolute atomic E-state index is 5.36. The highest BCUT2D eigenvalue weighted by molar-refractivity contribution is 5.47. The van der Waals surface area contributed by atoms with Crippen molar-refractivity contribution in [3.8, 4) is 11.5 Å². The van der Waals surface area contributed by atoms with Crippen LogP contribution in [0.3, 0.4) is 0 Å². The smallest absolute Gasteiger partial charge is 0.161 e. The number of nitrogens with one attached hydrogen (secondary N) is 1. The number of methoxy groups -OCH3 is 2. The summed E-state index contributed by atoms with van der Waals surface area (Å²) in [5.41, 5.74) is 2.17. The molecule has 1 heterocycles. The third-order valence-corrected chi connectivity index (χ3v) is 3.26. The Balaban J connectivity index is 2.22. The van der Waals surface area contributed by atoms with Gasteiger partial charge >= 0.3 is 0 Å². The standard InChI is InChI=1S/C15H21N3O2/c1-5-13(17-12-9-16-18(2)10-12)11-6-7-14(19-3)15(8-11)20-4/h6-10,13,17H,5H2,1-4H3. The second-order valence-electron chi connectivity index (χ2n) is 4.62. The number of nitrogens with zero attached hydrogens (tertiary/aromatic N) is 2. The molecular weight excluding hydrogens is 254 g/mol. The van der Waals surface area contributed by atoms with E-state index in [0.717, 1.165) is 29.2 Å². The minimum Gasteiger partial charge on any atom is -0.493 e. The van der Waals surface area contributed by atoms with E-state index in [1.54, 1.807) is 18.9 Å². The van der Waals surface area contributed by atoms with Crippen LogP contribution in [0.5, 0.6) is 11.5 Å². The summed E-state index contributed by atoms with van der Waals surface area (Å²) >= 11 is 0. The summed E-state index contributed by atoms with van der Waals surface area (Å²) in [6.45, 7) is 2.14. The van der Waals surface area contributed by atoms with Gasteiger partial charge in [-0.25, -0.2) is 0 Å². The average molecular weight is 275 g/mol. The molecule has 1 aromatic heterocycles. The van der Waals surface area contributed by atoms with Crippen LogP contribution in [0.4, 0.5) is 5.69 Å². The normalized spacial score (nSPS) is 12.0. The number of hydrogen-bond donors (Lipinski definition) is 1. The summed E-state index contributed by atoms with van der Waals surface area (Å²) in [6, 6.07) is 6.20. The Labute approximate surface area is 119 Å². The molecule has 0 amide bonds. The van der Waals surface area contributed by atoms with E-state index in [9.17, 15) is 0 Å². The Morgan fingerprint density at radius 2 is 2.00 bits per heavy atom. The summed E-state index contributed by atoms with van der Waals surface area (Å²) < 4.78 is 12.4. The van der Waals surface area contributed by atoms with Crippen LogP contribution in [0.1, 0.15) is 24.9 Å². The maximum Gasteiger partial charge on any atom is 0.161 e. The van der Waals surface area contributed by atoms with Crippen LogP contribution in [0.2, 0.25) is 0 Å². The molecule has 108 valence electrons. The summed E-state index contributed by atoms with van der Waals surface area (Å²) in [5, 5.41) is 7.64. The minimum absolute atomic E-state index is 0.207. The molecule has 0 saturated heterocycles. The predicted molar refractivity (Wildman–Crippen MR) is 79.4 cm³/mol. The number of ether oxygens (including phenoxy) is 2. The molecule has 5 nitrogen and oxygen atoms in total. The van der Waals surface area contributed by atoms with Crippen molar-refractivity contribution < 1.29 is 9.47 Å². The quantitative estimate of drug-likeness (QED) is 0.880. The van der Waals surface area contributed by atoms with Gasteiger partial charge < -0.3 is 14.8 Å². The number of hydrogen-bond acceptors (Lipinski definition) is 4. The molecular formula is C15H21N3O2. The molecule has 0 radical (unpaired) electrons. The van der Waals surface area contributed by atoms with Crippen molar-refractivity contribution in [3.63, 3.8) is 0 Å². The Kier molecular flexibility index (Phi) is 4.50. The maximum atomic E-state index is 5.36. The molecule has 0 bridgehead atoms. The Morgan fingerprint density at radius 1 is 1.25 bits per heavy atom. The zero-order chi connectivity index (χ0) is 14.5.